The molecule has 0 bridgehead atoms. The second-order valence-corrected chi connectivity index (χ2v) is 5.95. The largest absolute Gasteiger partial charge is 0.345 e. The van der Waals surface area contributed by atoms with Gasteiger partial charge in [0.25, 0.3) is 5.91 Å². The molecule has 0 aromatic heterocycles. The Morgan fingerprint density at radius 3 is 2.70 bits per heavy atom. The van der Waals surface area contributed by atoms with E-state index in [4.69, 9.17) is 0 Å². The van der Waals surface area contributed by atoms with Crippen LogP contribution in [0.3, 0.4) is 0 Å². The molecule has 2 nitrogen and oxygen atoms in total. The molecule has 1 aliphatic rings. The van der Waals surface area contributed by atoms with Crippen LogP contribution in [-0.2, 0) is 6.42 Å². The number of amides is 1. The maximum absolute atomic E-state index is 12.4. The molecule has 0 heterocycles. The monoisotopic (exact) mass is 329 g/mol. The molecule has 20 heavy (non-hydrogen) atoms. The van der Waals surface area contributed by atoms with Gasteiger partial charge in [-0.3, -0.25) is 4.79 Å². The molecule has 102 valence electrons. The van der Waals surface area contributed by atoms with Crippen molar-refractivity contribution in [2.45, 2.75) is 25.3 Å². The molecular weight excluding hydrogens is 314 g/mol. The smallest absolute Gasteiger partial charge is 0.252 e. The first-order valence-corrected chi connectivity index (χ1v) is 7.68. The van der Waals surface area contributed by atoms with E-state index in [9.17, 15) is 4.79 Å². The summed E-state index contributed by atoms with van der Waals surface area (Å²) in [6.45, 7) is 0. The Bertz CT molecular complexity index is 638. The average molecular weight is 330 g/mol. The van der Waals surface area contributed by atoms with Crippen molar-refractivity contribution in [3.05, 3.63) is 69.7 Å². The van der Waals surface area contributed by atoms with E-state index in [1.54, 1.807) is 0 Å². The number of nitrogens with one attached hydrogen (secondary N) is 1. The fraction of sp³-hybridized carbons (Fsp3) is 0.235. The van der Waals surface area contributed by atoms with E-state index in [1.165, 1.54) is 11.1 Å². The van der Waals surface area contributed by atoms with Gasteiger partial charge in [0, 0.05) is 4.47 Å². The molecule has 0 spiro atoms. The van der Waals surface area contributed by atoms with Gasteiger partial charge in [-0.15, -0.1) is 0 Å². The minimum Gasteiger partial charge on any atom is -0.345 e. The van der Waals surface area contributed by atoms with E-state index in [1.807, 2.05) is 30.3 Å². The summed E-state index contributed by atoms with van der Waals surface area (Å²) in [5.74, 6) is -0.0146. The molecule has 0 saturated heterocycles. The van der Waals surface area contributed by atoms with Gasteiger partial charge >= 0.3 is 0 Å². The van der Waals surface area contributed by atoms with E-state index in [-0.39, 0.29) is 11.9 Å². The lowest BCUT2D eigenvalue weighted by molar-refractivity contribution is 0.0932. The van der Waals surface area contributed by atoms with E-state index in [0.29, 0.717) is 5.56 Å². The first-order chi connectivity index (χ1) is 9.75. The van der Waals surface area contributed by atoms with E-state index in [0.717, 1.165) is 23.7 Å². The summed E-state index contributed by atoms with van der Waals surface area (Å²) in [4.78, 5) is 12.4. The molecule has 1 aliphatic carbocycles. The van der Waals surface area contributed by atoms with Gasteiger partial charge in [0.1, 0.15) is 0 Å². The number of fused-ring (bicyclic) bond motifs is 1. The minimum absolute atomic E-state index is 0.0146. The summed E-state index contributed by atoms with van der Waals surface area (Å²) in [6.07, 6.45) is 3.24. The van der Waals surface area contributed by atoms with Gasteiger partial charge in [0.05, 0.1) is 11.6 Å². The molecule has 1 amide bonds. The molecule has 0 fully saturated rings. The first kappa shape index (κ1) is 13.4. The number of carbonyl (C=O) groups is 1. The van der Waals surface area contributed by atoms with Gasteiger partial charge in [-0.2, -0.15) is 0 Å². The van der Waals surface area contributed by atoms with Gasteiger partial charge in [-0.05, 0) is 58.5 Å². The van der Waals surface area contributed by atoms with Crippen molar-refractivity contribution < 1.29 is 4.79 Å². The summed E-state index contributed by atoms with van der Waals surface area (Å²) < 4.78 is 0.835. The molecule has 0 saturated carbocycles. The highest BCUT2D eigenvalue weighted by Crippen LogP contribution is 2.30. The zero-order valence-electron chi connectivity index (χ0n) is 11.1. The lowest BCUT2D eigenvalue weighted by Crippen LogP contribution is -2.31. The molecule has 2 aromatic carbocycles. The van der Waals surface area contributed by atoms with Crippen LogP contribution in [0, 0.1) is 0 Å². The Hall–Kier alpha value is -1.61. The Kier molecular flexibility index (Phi) is 3.88. The summed E-state index contributed by atoms with van der Waals surface area (Å²) >= 11 is 3.43. The van der Waals surface area contributed by atoms with Crippen molar-refractivity contribution >= 4 is 21.8 Å². The summed E-state index contributed by atoms with van der Waals surface area (Å²) in [5, 5.41) is 3.16. The van der Waals surface area contributed by atoms with E-state index in [2.05, 4.69) is 39.4 Å². The van der Waals surface area contributed by atoms with Crippen LogP contribution in [0.4, 0.5) is 0 Å². The summed E-state index contributed by atoms with van der Waals surface area (Å²) in [7, 11) is 0. The lowest BCUT2D eigenvalue weighted by atomic mass is 9.87. The molecule has 1 atom stereocenters. The van der Waals surface area contributed by atoms with Gasteiger partial charge in [0.2, 0.25) is 0 Å². The standard InChI is InChI=1S/C17H16BrNO/c18-15-10-4-3-9-14(15)17(20)19-16-11-5-7-12-6-1-2-8-13(12)16/h1-4,6,8-10,16H,5,7,11H2,(H,19,20)/t16-/m0/s1. The highest BCUT2D eigenvalue weighted by Gasteiger charge is 2.22. The van der Waals surface area contributed by atoms with Crippen LogP contribution in [0.2, 0.25) is 0 Å². The van der Waals surface area contributed by atoms with Crippen molar-refractivity contribution in [2.75, 3.05) is 0 Å². The predicted molar refractivity (Wildman–Crippen MR) is 83.7 cm³/mol. The Labute approximate surface area is 127 Å². The quantitative estimate of drug-likeness (QED) is 0.876. The molecule has 2 aromatic rings. The molecule has 0 aliphatic heterocycles. The third-order valence-electron chi connectivity index (χ3n) is 3.79. The molecule has 0 radical (unpaired) electrons. The normalized spacial score (nSPS) is 17.4. The molecular formula is C17H16BrNO. The maximum atomic E-state index is 12.4. The Morgan fingerprint density at radius 2 is 1.85 bits per heavy atom. The zero-order chi connectivity index (χ0) is 13.9. The molecule has 3 heteroatoms. The Morgan fingerprint density at radius 1 is 1.10 bits per heavy atom. The highest BCUT2D eigenvalue weighted by molar-refractivity contribution is 9.10. The van der Waals surface area contributed by atoms with E-state index < -0.39 is 0 Å². The third kappa shape index (κ3) is 2.63. The van der Waals surface area contributed by atoms with Crippen LogP contribution in [0.25, 0.3) is 0 Å². The van der Waals surface area contributed by atoms with Crippen LogP contribution in [0.1, 0.15) is 40.4 Å². The second-order valence-electron chi connectivity index (χ2n) is 5.10. The van der Waals surface area contributed by atoms with Crippen LogP contribution >= 0.6 is 15.9 Å². The van der Waals surface area contributed by atoms with Crippen molar-refractivity contribution in [3.8, 4) is 0 Å². The highest BCUT2D eigenvalue weighted by atomic mass is 79.9. The molecule has 0 unspecified atom stereocenters. The number of hydrogen-bond donors (Lipinski definition) is 1. The molecule has 1 N–H and O–H groups in total. The number of carbonyl (C=O) groups excluding carboxylic acids is 1. The Balaban J connectivity index is 1.83. The van der Waals surface area contributed by atoms with Crippen LogP contribution < -0.4 is 5.32 Å². The minimum atomic E-state index is -0.0146. The zero-order valence-corrected chi connectivity index (χ0v) is 12.7. The molecule has 3 rings (SSSR count). The fourth-order valence-corrected chi connectivity index (χ4v) is 3.25. The summed E-state index contributed by atoms with van der Waals surface area (Å²) in [6, 6.07) is 16.0. The van der Waals surface area contributed by atoms with Gasteiger partial charge in [-0.25, -0.2) is 0 Å². The van der Waals surface area contributed by atoms with Crippen molar-refractivity contribution in [1.29, 1.82) is 0 Å². The predicted octanol–water partition coefficient (Wildman–Crippen LogP) is 4.26. The topological polar surface area (TPSA) is 29.1 Å². The third-order valence-corrected chi connectivity index (χ3v) is 4.48. The summed E-state index contributed by atoms with van der Waals surface area (Å²) in [5.41, 5.74) is 3.31. The number of halogens is 1. The lowest BCUT2D eigenvalue weighted by Gasteiger charge is -2.26. The van der Waals surface area contributed by atoms with Crippen LogP contribution in [-0.4, -0.2) is 5.91 Å². The first-order valence-electron chi connectivity index (χ1n) is 6.89. The number of hydrogen-bond acceptors (Lipinski definition) is 1. The van der Waals surface area contributed by atoms with Crippen LogP contribution in [0.15, 0.2) is 53.0 Å². The second kappa shape index (κ2) is 5.80. The van der Waals surface area contributed by atoms with Gasteiger partial charge in [-0.1, -0.05) is 36.4 Å². The van der Waals surface area contributed by atoms with Crippen molar-refractivity contribution in [1.82, 2.24) is 5.32 Å². The van der Waals surface area contributed by atoms with Gasteiger partial charge < -0.3 is 5.32 Å². The van der Waals surface area contributed by atoms with Crippen LogP contribution in [0.5, 0.6) is 0 Å². The fourth-order valence-electron chi connectivity index (χ4n) is 2.79. The SMILES string of the molecule is O=C(N[C@H]1CCCc2ccccc21)c1ccccc1Br. The van der Waals surface area contributed by atoms with E-state index >= 15 is 0 Å². The number of benzene rings is 2. The number of aryl methyl sites for hydroxylation is 1. The van der Waals surface area contributed by atoms with Gasteiger partial charge in [0.15, 0.2) is 0 Å². The maximum Gasteiger partial charge on any atom is 0.252 e. The number of rotatable bonds is 2. The van der Waals surface area contributed by atoms with Crippen molar-refractivity contribution in [3.63, 3.8) is 0 Å². The van der Waals surface area contributed by atoms with Crippen molar-refractivity contribution in [2.24, 2.45) is 0 Å². The average Bonchev–Trinajstić information content (AvgIpc) is 2.48.